The summed E-state index contributed by atoms with van der Waals surface area (Å²) in [4.78, 5) is 126. The van der Waals surface area contributed by atoms with Gasteiger partial charge in [-0.1, -0.05) is 6.07 Å². The van der Waals surface area contributed by atoms with E-state index in [4.69, 9.17) is 22.4 Å². The Labute approximate surface area is 488 Å². The van der Waals surface area contributed by atoms with Gasteiger partial charge in [0.1, 0.15) is 17.4 Å². The zero-order valence-corrected chi connectivity index (χ0v) is 46.1. The van der Waals surface area contributed by atoms with E-state index in [0.717, 1.165) is 32.7 Å². The molecule has 0 radical (unpaired) electrons. The Bertz CT molecular complexity index is 3200. The van der Waals surface area contributed by atoms with Crippen LogP contribution >= 0.6 is 11.6 Å². The lowest BCUT2D eigenvalue weighted by Gasteiger charge is -2.35. The van der Waals surface area contributed by atoms with Crippen LogP contribution in [0.25, 0.3) is 0 Å². The summed E-state index contributed by atoms with van der Waals surface area (Å²) in [5.41, 5.74) is 5.64. The predicted octanol–water partition coefficient (Wildman–Crippen LogP) is 3.19. The van der Waals surface area contributed by atoms with E-state index in [1.54, 1.807) is 28.0 Å². The minimum absolute atomic E-state index is 0.00935. The van der Waals surface area contributed by atoms with Crippen LogP contribution in [0.3, 0.4) is 0 Å². The number of nitrogens with zero attached hydrogens (tertiary/aromatic N) is 15. The Morgan fingerprint density at radius 3 is 1.06 bits per heavy atom. The van der Waals surface area contributed by atoms with E-state index < -0.39 is 31.9 Å². The molecule has 1 saturated carbocycles. The number of carbonyl (C=O) groups excluding carboxylic acids is 5. The SMILES string of the molecule is Nc1cccc(N2CC(N3CCC3)CC2=O)n1.O=C1CC(N2CCC2)CN1c1cccc([N+](=O)[O-])n1.O=C1CC(O)CN1c1cccc([N+](=O)[O-])n1.O=C1CC(O)CN1c1cccc([N+](=O)[O-])n1.O=C1CCC(O)C1.O=[N+]([O-])c1cccc(Cl)n1. The summed E-state index contributed by atoms with van der Waals surface area (Å²) in [7, 11) is 0. The number of nitrogens with two attached hydrogens (primary N) is 1. The summed E-state index contributed by atoms with van der Waals surface area (Å²) in [5, 5.41) is 69.1. The lowest BCUT2D eigenvalue weighted by atomic mass is 10.1. The van der Waals surface area contributed by atoms with Crippen molar-refractivity contribution in [1.29, 1.82) is 0 Å². The number of Topliss-reactive ketones (excluding diaryl/α,β-unsaturated/α-hetero) is 1. The molecule has 0 aromatic carbocycles. The molecule has 450 valence electrons. The first kappa shape index (κ1) is 63.4. The molecule has 33 heteroatoms. The van der Waals surface area contributed by atoms with Crippen molar-refractivity contribution in [2.24, 2.45) is 0 Å². The number of halogens is 1. The number of nitrogen functional groups attached to an aromatic ring is 1. The zero-order chi connectivity index (χ0) is 61.5. The molecule has 5 aromatic rings. The Kier molecular flexibility index (Phi) is 21.9. The molecule has 5 unspecified atom stereocenters. The summed E-state index contributed by atoms with van der Waals surface area (Å²) in [6, 6.07) is 23.2. The van der Waals surface area contributed by atoms with Crippen LogP contribution in [-0.2, 0) is 24.0 Å². The molecule has 6 saturated heterocycles. The lowest BCUT2D eigenvalue weighted by molar-refractivity contribution is -0.389. The largest absolute Gasteiger partial charge is 0.393 e. The molecule has 6 aliphatic heterocycles. The Balaban J connectivity index is 0.000000149. The smallest absolute Gasteiger partial charge is 0.365 e. The highest BCUT2D eigenvalue weighted by molar-refractivity contribution is 6.29. The van der Waals surface area contributed by atoms with E-state index in [1.807, 2.05) is 12.1 Å². The third-order valence-corrected chi connectivity index (χ3v) is 14.1. The fourth-order valence-electron chi connectivity index (χ4n) is 9.42. The maximum absolute atomic E-state index is 12.0. The second-order valence-electron chi connectivity index (χ2n) is 20.0. The van der Waals surface area contributed by atoms with Gasteiger partial charge in [0.2, 0.25) is 46.2 Å². The number of pyridine rings is 5. The number of aromatic nitrogens is 5. The van der Waals surface area contributed by atoms with E-state index in [9.17, 15) is 74.6 Å². The average Bonchev–Trinajstić information content (AvgIpc) is 3.21. The number of hydrogen-bond donors (Lipinski definition) is 4. The summed E-state index contributed by atoms with van der Waals surface area (Å²) in [5.74, 6) is 0.636. The Hall–Kier alpha value is -9.21. The van der Waals surface area contributed by atoms with Gasteiger partial charge in [-0.2, -0.15) is 0 Å². The molecule has 11 heterocycles. The third-order valence-electron chi connectivity index (χ3n) is 13.9. The first-order chi connectivity index (χ1) is 40.5. The molecule has 0 bridgehead atoms. The number of rotatable bonds is 10. The van der Waals surface area contributed by atoms with Gasteiger partial charge < -0.3 is 61.5 Å². The monoisotopic (exact) mass is 1200 g/mol. The molecule has 7 fully saturated rings. The first-order valence-electron chi connectivity index (χ1n) is 26.6. The van der Waals surface area contributed by atoms with Crippen LogP contribution in [0, 0.1) is 40.5 Å². The van der Waals surface area contributed by atoms with E-state index in [1.165, 1.54) is 83.3 Å². The van der Waals surface area contributed by atoms with Crippen LogP contribution in [0.4, 0.5) is 52.4 Å². The zero-order valence-electron chi connectivity index (χ0n) is 45.4. The highest BCUT2D eigenvalue weighted by Crippen LogP contribution is 2.29. The molecule has 85 heavy (non-hydrogen) atoms. The number of β-amino-alcohol motifs (C(OH)–C–C–N with tert-alkyl or cyclic N) is 2. The van der Waals surface area contributed by atoms with Crippen LogP contribution in [-0.4, -0.2) is 182 Å². The van der Waals surface area contributed by atoms with E-state index in [2.05, 4.69) is 34.7 Å². The van der Waals surface area contributed by atoms with Gasteiger partial charge in [-0.15, -0.1) is 0 Å². The van der Waals surface area contributed by atoms with Crippen LogP contribution in [0.1, 0.15) is 57.8 Å². The second kappa shape index (κ2) is 29.4. The third kappa shape index (κ3) is 17.7. The van der Waals surface area contributed by atoms with E-state index in [0.29, 0.717) is 62.1 Å². The van der Waals surface area contributed by atoms with Gasteiger partial charge in [-0.25, -0.2) is 4.98 Å². The summed E-state index contributed by atoms with van der Waals surface area (Å²) in [6.07, 6.45) is 3.45. The molecule has 4 amide bonds. The molecule has 32 nitrogen and oxygen atoms in total. The summed E-state index contributed by atoms with van der Waals surface area (Å²) in [6.45, 7) is 5.90. The van der Waals surface area contributed by atoms with Gasteiger partial charge >= 0.3 is 23.3 Å². The number of hydrogen-bond acceptors (Lipinski definition) is 24. The highest BCUT2D eigenvalue weighted by atomic mass is 35.5. The van der Waals surface area contributed by atoms with Crippen molar-refractivity contribution in [3.05, 3.63) is 137 Å². The minimum atomic E-state index is -0.728. The normalized spacial score (nSPS) is 21.6. The van der Waals surface area contributed by atoms with Crippen molar-refractivity contribution in [3.8, 4) is 0 Å². The van der Waals surface area contributed by atoms with Gasteiger partial charge in [0.25, 0.3) is 0 Å². The number of likely N-dealkylation sites (tertiary alicyclic amines) is 2. The molecule has 5 atom stereocenters. The van der Waals surface area contributed by atoms with Crippen molar-refractivity contribution < 1.29 is 59.0 Å². The van der Waals surface area contributed by atoms with Crippen molar-refractivity contribution in [2.45, 2.75) is 88.2 Å². The standard InChI is InChI=1S/C12H14N4O3.C12H16N4O.2C9H9N3O4.C5H3ClN2O2.C5H8O2/c17-12-7-9(14-5-2-6-14)8-15(12)10-3-1-4-11(13-10)16(18)19;13-10-3-1-4-11(14-10)16-8-9(7-12(16)17)15-5-2-6-15;2*13-6-4-9(14)11(5-6)7-2-1-3-8(10-7)12(15)16;6-4-2-1-3-5(7-4)8(9)10;6-4-1-2-5(7)3-4/h1,3-4,9H,2,5-8H2;1,3-4,9H,2,5-8H2,(H2,13,14);2*1-3,6,13H,4-5H2;1-3H;4,6H,1-3H2. The molecular weight excluding hydrogens is 1140 g/mol. The number of carbonyl (C=O) groups is 5. The number of anilines is 5. The maximum Gasteiger partial charge on any atom is 0.365 e. The highest BCUT2D eigenvalue weighted by Gasteiger charge is 2.40. The van der Waals surface area contributed by atoms with Gasteiger partial charge in [0.15, 0.2) is 0 Å². The minimum Gasteiger partial charge on any atom is -0.393 e. The van der Waals surface area contributed by atoms with Crippen molar-refractivity contribution in [2.75, 3.05) is 77.7 Å². The van der Waals surface area contributed by atoms with Crippen LogP contribution < -0.4 is 25.3 Å². The number of aliphatic hydroxyl groups excluding tert-OH is 3. The van der Waals surface area contributed by atoms with Gasteiger partial charge in [-0.05, 0) is 133 Å². The number of amides is 4. The Morgan fingerprint density at radius 2 is 0.788 bits per heavy atom. The number of aliphatic hydroxyl groups is 3. The fourth-order valence-corrected chi connectivity index (χ4v) is 9.58. The summed E-state index contributed by atoms with van der Waals surface area (Å²) >= 11 is 5.37. The van der Waals surface area contributed by atoms with Crippen molar-refractivity contribution in [1.82, 2.24) is 34.7 Å². The second-order valence-corrected chi connectivity index (χ2v) is 20.4. The lowest BCUT2D eigenvalue weighted by Crippen LogP contribution is -2.46. The van der Waals surface area contributed by atoms with Gasteiger partial charge in [0.05, 0.1) is 44.2 Å². The number of nitro groups is 4. The van der Waals surface area contributed by atoms with Crippen LogP contribution in [0.15, 0.2) is 91.0 Å². The molecule has 12 rings (SSSR count). The molecular formula is C52H59ClN16O16. The summed E-state index contributed by atoms with van der Waals surface area (Å²) < 4.78 is 0. The van der Waals surface area contributed by atoms with Crippen molar-refractivity contribution >= 4 is 93.4 Å². The number of ketones is 1. The van der Waals surface area contributed by atoms with Gasteiger partial charge in [0, 0.05) is 99.4 Å². The molecule has 5 aromatic heterocycles. The van der Waals surface area contributed by atoms with Crippen LogP contribution in [0.2, 0.25) is 5.15 Å². The van der Waals surface area contributed by atoms with E-state index in [-0.39, 0.29) is 108 Å². The first-order valence-corrected chi connectivity index (χ1v) is 27.0. The maximum atomic E-state index is 12.0. The van der Waals surface area contributed by atoms with Crippen LogP contribution in [0.5, 0.6) is 0 Å². The fraction of sp³-hybridized carbons (Fsp3) is 0.423. The molecule has 0 spiro atoms. The Morgan fingerprint density at radius 1 is 0.447 bits per heavy atom. The average molecular weight is 1200 g/mol. The quantitative estimate of drug-likeness (QED) is 0.0886. The van der Waals surface area contributed by atoms with Crippen molar-refractivity contribution in [3.63, 3.8) is 0 Å². The topological polar surface area (TPSA) is 429 Å². The molecule has 7 aliphatic rings. The van der Waals surface area contributed by atoms with E-state index >= 15 is 0 Å². The van der Waals surface area contributed by atoms with Gasteiger partial charge in [-0.3, -0.25) is 53.4 Å². The molecule has 5 N–H and O–H groups in total. The molecule has 1 aliphatic carbocycles. The predicted molar refractivity (Wildman–Crippen MR) is 302 cm³/mol.